The largest absolute Gasteiger partial charge is 0.344 e. The van der Waals surface area contributed by atoms with Crippen LogP contribution in [0.1, 0.15) is 32.6 Å². The minimum atomic E-state index is -0.668. The van der Waals surface area contributed by atoms with Gasteiger partial charge in [-0.05, 0) is 12.8 Å². The molecule has 0 fully saturated rings. The highest BCUT2D eigenvalue weighted by Gasteiger charge is 2.17. The maximum Gasteiger partial charge on any atom is 0.256 e. The molecule has 0 heterocycles. The number of carbonyl (C=O) groups is 3. The van der Waals surface area contributed by atoms with Crippen molar-refractivity contribution in [2.75, 3.05) is 0 Å². The molecule has 98 valence electrons. The van der Waals surface area contributed by atoms with Gasteiger partial charge in [-0.1, -0.05) is 6.42 Å². The molecule has 0 saturated carbocycles. The summed E-state index contributed by atoms with van der Waals surface area (Å²) in [5.74, 6) is 8.88. The standard InChI is InChI=1S/C9H19N5O3/c1-6(15)12-7(9(17)14-11)4-2-3-5-8(16)13-10/h7H,2-5,10-11H2,1H3,(H,12,15)(H,13,16)(H,14,17). The Morgan fingerprint density at radius 1 is 1.12 bits per heavy atom. The number of rotatable bonds is 7. The number of nitrogens with two attached hydrogens (primary N) is 2. The van der Waals surface area contributed by atoms with E-state index in [0.29, 0.717) is 19.3 Å². The zero-order chi connectivity index (χ0) is 13.3. The van der Waals surface area contributed by atoms with Crippen LogP contribution in [0.25, 0.3) is 0 Å². The first-order valence-electron chi connectivity index (χ1n) is 5.28. The Kier molecular flexibility index (Phi) is 7.65. The lowest BCUT2D eigenvalue weighted by molar-refractivity contribution is -0.128. The summed E-state index contributed by atoms with van der Waals surface area (Å²) < 4.78 is 0. The fourth-order valence-electron chi connectivity index (χ4n) is 1.32. The van der Waals surface area contributed by atoms with Crippen molar-refractivity contribution < 1.29 is 14.4 Å². The Hall–Kier alpha value is -1.67. The molecule has 0 aromatic carbocycles. The van der Waals surface area contributed by atoms with Crippen molar-refractivity contribution in [2.24, 2.45) is 11.7 Å². The minimum Gasteiger partial charge on any atom is -0.344 e. The summed E-state index contributed by atoms with van der Waals surface area (Å²) in [6.07, 6.45) is 1.89. The summed E-state index contributed by atoms with van der Waals surface area (Å²) in [6, 6.07) is -0.668. The van der Waals surface area contributed by atoms with Crippen LogP contribution in [-0.4, -0.2) is 23.8 Å². The molecule has 3 amide bonds. The van der Waals surface area contributed by atoms with Crippen molar-refractivity contribution in [3.8, 4) is 0 Å². The molecule has 0 saturated heterocycles. The van der Waals surface area contributed by atoms with Crippen LogP contribution in [-0.2, 0) is 14.4 Å². The third-order valence-corrected chi connectivity index (χ3v) is 2.14. The highest BCUT2D eigenvalue weighted by molar-refractivity contribution is 5.86. The Balaban J connectivity index is 3.95. The second-order valence-electron chi connectivity index (χ2n) is 3.57. The molecule has 8 heteroatoms. The van der Waals surface area contributed by atoms with Gasteiger partial charge in [0.2, 0.25) is 11.8 Å². The van der Waals surface area contributed by atoms with Crippen molar-refractivity contribution in [2.45, 2.75) is 38.6 Å². The van der Waals surface area contributed by atoms with Crippen LogP contribution in [0.3, 0.4) is 0 Å². The van der Waals surface area contributed by atoms with E-state index in [0.717, 1.165) is 0 Å². The van der Waals surface area contributed by atoms with Crippen molar-refractivity contribution in [1.29, 1.82) is 0 Å². The molecule has 7 N–H and O–H groups in total. The minimum absolute atomic E-state index is 0.260. The monoisotopic (exact) mass is 245 g/mol. The Morgan fingerprint density at radius 2 is 1.76 bits per heavy atom. The topological polar surface area (TPSA) is 139 Å². The van der Waals surface area contributed by atoms with Gasteiger partial charge in [0.15, 0.2) is 0 Å². The highest BCUT2D eigenvalue weighted by atomic mass is 16.2. The van der Waals surface area contributed by atoms with E-state index in [4.69, 9.17) is 11.7 Å². The van der Waals surface area contributed by atoms with Crippen molar-refractivity contribution in [1.82, 2.24) is 16.2 Å². The second-order valence-corrected chi connectivity index (χ2v) is 3.57. The first-order chi connectivity index (χ1) is 8.01. The number of nitrogens with one attached hydrogen (secondary N) is 3. The van der Waals surface area contributed by atoms with E-state index in [-0.39, 0.29) is 18.2 Å². The Morgan fingerprint density at radius 3 is 2.24 bits per heavy atom. The van der Waals surface area contributed by atoms with E-state index in [2.05, 4.69) is 5.32 Å². The van der Waals surface area contributed by atoms with Crippen molar-refractivity contribution in [3.05, 3.63) is 0 Å². The molecule has 0 bridgehead atoms. The van der Waals surface area contributed by atoms with Gasteiger partial charge in [-0.3, -0.25) is 25.2 Å². The molecule has 17 heavy (non-hydrogen) atoms. The highest BCUT2D eigenvalue weighted by Crippen LogP contribution is 2.04. The van der Waals surface area contributed by atoms with Gasteiger partial charge in [0.05, 0.1) is 0 Å². The smallest absolute Gasteiger partial charge is 0.256 e. The van der Waals surface area contributed by atoms with Gasteiger partial charge in [-0.2, -0.15) is 0 Å². The molecule has 1 atom stereocenters. The quantitative estimate of drug-likeness (QED) is 0.153. The Labute approximate surface area is 99.4 Å². The van der Waals surface area contributed by atoms with Crippen molar-refractivity contribution in [3.63, 3.8) is 0 Å². The van der Waals surface area contributed by atoms with E-state index in [9.17, 15) is 14.4 Å². The molecular formula is C9H19N5O3. The SMILES string of the molecule is CC(=O)NC(CCCCC(=O)NN)C(=O)NN. The fraction of sp³-hybridized carbons (Fsp3) is 0.667. The lowest BCUT2D eigenvalue weighted by Gasteiger charge is -2.15. The molecule has 0 aromatic rings. The van der Waals surface area contributed by atoms with Gasteiger partial charge >= 0.3 is 0 Å². The summed E-state index contributed by atoms with van der Waals surface area (Å²) in [6.45, 7) is 1.32. The van der Waals surface area contributed by atoms with Crippen LogP contribution in [0.2, 0.25) is 0 Å². The molecule has 8 nitrogen and oxygen atoms in total. The van der Waals surface area contributed by atoms with Crippen LogP contribution in [0.4, 0.5) is 0 Å². The first kappa shape index (κ1) is 15.3. The van der Waals surface area contributed by atoms with E-state index < -0.39 is 11.9 Å². The molecule has 0 aliphatic heterocycles. The van der Waals surface area contributed by atoms with Gasteiger partial charge in [0, 0.05) is 13.3 Å². The average Bonchev–Trinajstić information content (AvgIpc) is 2.31. The van der Waals surface area contributed by atoms with Gasteiger partial charge in [-0.15, -0.1) is 0 Å². The zero-order valence-electron chi connectivity index (χ0n) is 9.79. The lowest BCUT2D eigenvalue weighted by atomic mass is 10.1. The molecule has 0 aliphatic rings. The summed E-state index contributed by atoms with van der Waals surface area (Å²) in [7, 11) is 0. The number of hydrazine groups is 2. The van der Waals surface area contributed by atoms with Crippen molar-refractivity contribution >= 4 is 17.7 Å². The number of hydrogen-bond acceptors (Lipinski definition) is 5. The van der Waals surface area contributed by atoms with E-state index >= 15 is 0 Å². The van der Waals surface area contributed by atoms with Crippen LogP contribution in [0.5, 0.6) is 0 Å². The summed E-state index contributed by atoms with van der Waals surface area (Å²) in [5, 5.41) is 2.48. The van der Waals surface area contributed by atoms with E-state index in [1.807, 2.05) is 10.9 Å². The average molecular weight is 245 g/mol. The zero-order valence-corrected chi connectivity index (χ0v) is 9.79. The molecule has 0 rings (SSSR count). The predicted octanol–water partition coefficient (Wildman–Crippen LogP) is -1.97. The van der Waals surface area contributed by atoms with Crippen LogP contribution in [0.15, 0.2) is 0 Å². The van der Waals surface area contributed by atoms with Crippen LogP contribution < -0.4 is 27.9 Å². The molecule has 0 spiro atoms. The number of hydrogen-bond donors (Lipinski definition) is 5. The third-order valence-electron chi connectivity index (χ3n) is 2.14. The molecule has 0 aromatic heterocycles. The van der Waals surface area contributed by atoms with Crippen LogP contribution in [0, 0.1) is 0 Å². The summed E-state index contributed by atoms with van der Waals surface area (Å²) in [5.41, 5.74) is 3.99. The lowest BCUT2D eigenvalue weighted by Crippen LogP contribution is -2.48. The molecule has 0 radical (unpaired) electrons. The van der Waals surface area contributed by atoms with E-state index in [1.165, 1.54) is 6.92 Å². The fourth-order valence-corrected chi connectivity index (χ4v) is 1.32. The number of carbonyl (C=O) groups excluding carboxylic acids is 3. The van der Waals surface area contributed by atoms with Gasteiger partial charge in [0.25, 0.3) is 5.91 Å². The number of amides is 3. The van der Waals surface area contributed by atoms with Gasteiger partial charge in [0.1, 0.15) is 6.04 Å². The third kappa shape index (κ3) is 7.25. The van der Waals surface area contributed by atoms with Gasteiger partial charge in [-0.25, -0.2) is 11.7 Å². The van der Waals surface area contributed by atoms with Crippen LogP contribution >= 0.6 is 0 Å². The second kappa shape index (κ2) is 8.48. The van der Waals surface area contributed by atoms with E-state index in [1.54, 1.807) is 0 Å². The predicted molar refractivity (Wildman–Crippen MR) is 60.7 cm³/mol. The first-order valence-corrected chi connectivity index (χ1v) is 5.28. The maximum atomic E-state index is 11.3. The summed E-state index contributed by atoms with van der Waals surface area (Å²) >= 11 is 0. The van der Waals surface area contributed by atoms with Gasteiger partial charge < -0.3 is 5.32 Å². The molecule has 1 unspecified atom stereocenters. The Bertz CT molecular complexity index is 282. The molecular weight excluding hydrogens is 226 g/mol. The number of unbranched alkanes of at least 4 members (excludes halogenated alkanes) is 1. The summed E-state index contributed by atoms with van der Waals surface area (Å²) in [4.78, 5) is 32.9. The molecule has 0 aliphatic carbocycles. The maximum absolute atomic E-state index is 11.3. The normalized spacial score (nSPS) is 11.5.